The number of anilines is 4. The van der Waals surface area contributed by atoms with Crippen LogP contribution in [0.1, 0.15) is 21.5 Å². The van der Waals surface area contributed by atoms with Gasteiger partial charge in [0.05, 0.1) is 18.9 Å². The fourth-order valence-corrected chi connectivity index (χ4v) is 3.39. The number of halogens is 3. The van der Waals surface area contributed by atoms with E-state index in [0.717, 1.165) is 24.8 Å². The van der Waals surface area contributed by atoms with Crippen molar-refractivity contribution in [2.75, 3.05) is 36.7 Å². The van der Waals surface area contributed by atoms with Gasteiger partial charge in [0, 0.05) is 31.0 Å². The van der Waals surface area contributed by atoms with Crippen LogP contribution in [0.5, 0.6) is 5.75 Å². The molecule has 0 unspecified atom stereocenters. The lowest BCUT2D eigenvalue weighted by molar-refractivity contribution is -0.138. The number of hydrogen-bond donors (Lipinski definition) is 2. The molecular weight excluding hydrogens is 475 g/mol. The molecule has 12 heteroatoms. The van der Waals surface area contributed by atoms with Crippen LogP contribution >= 0.6 is 0 Å². The highest BCUT2D eigenvalue weighted by Crippen LogP contribution is 2.37. The maximum atomic E-state index is 13.3. The summed E-state index contributed by atoms with van der Waals surface area (Å²) < 4.78 is 44.8. The van der Waals surface area contributed by atoms with Gasteiger partial charge in [-0.15, -0.1) is 0 Å². The summed E-state index contributed by atoms with van der Waals surface area (Å²) in [6.45, 7) is 1.86. The molecule has 0 saturated heterocycles. The van der Waals surface area contributed by atoms with Gasteiger partial charge in [0.1, 0.15) is 23.1 Å². The van der Waals surface area contributed by atoms with Crippen molar-refractivity contribution in [3.8, 4) is 5.75 Å². The van der Waals surface area contributed by atoms with Crippen molar-refractivity contribution in [1.82, 2.24) is 19.9 Å². The van der Waals surface area contributed by atoms with E-state index in [1.54, 1.807) is 29.3 Å². The molecule has 1 amide bonds. The Bertz CT molecular complexity index is 1440. The Morgan fingerprint density at radius 3 is 2.53 bits per heavy atom. The average molecular weight is 497 g/mol. The van der Waals surface area contributed by atoms with E-state index in [0.29, 0.717) is 34.2 Å². The number of carbonyl (C=O) groups is 1. The number of aromatic nitrogens is 4. The first-order chi connectivity index (χ1) is 17.1. The van der Waals surface area contributed by atoms with Crippen LogP contribution in [0.15, 0.2) is 48.9 Å². The van der Waals surface area contributed by atoms with Gasteiger partial charge in [0.2, 0.25) is 5.95 Å². The molecule has 0 atom stereocenters. The topological polar surface area (TPSA) is 105 Å². The van der Waals surface area contributed by atoms with Crippen molar-refractivity contribution in [3.05, 3.63) is 65.6 Å². The van der Waals surface area contributed by atoms with Crippen LogP contribution in [-0.4, -0.2) is 47.0 Å². The summed E-state index contributed by atoms with van der Waals surface area (Å²) in [5.41, 5.74) is 1.68. The van der Waals surface area contributed by atoms with Crippen molar-refractivity contribution < 1.29 is 22.7 Å². The molecule has 2 N–H and O–H groups in total. The Hall–Kier alpha value is -4.48. The van der Waals surface area contributed by atoms with E-state index >= 15 is 0 Å². The fourth-order valence-electron chi connectivity index (χ4n) is 3.39. The Balaban J connectivity index is 1.62. The van der Waals surface area contributed by atoms with Crippen LogP contribution in [0.2, 0.25) is 0 Å². The molecule has 0 aliphatic heterocycles. The molecule has 4 rings (SSSR count). The number of aryl methyl sites for hydroxylation is 1. The number of benzene rings is 2. The number of carbonyl (C=O) groups excluding carboxylic acids is 1. The first kappa shape index (κ1) is 24.6. The summed E-state index contributed by atoms with van der Waals surface area (Å²) in [6, 6.07) is 8.21. The van der Waals surface area contributed by atoms with Gasteiger partial charge in [-0.1, -0.05) is 6.07 Å². The lowest BCUT2D eigenvalue weighted by atomic mass is 10.1. The third-order valence-electron chi connectivity index (χ3n) is 5.28. The second-order valence-corrected chi connectivity index (χ2v) is 8.04. The molecule has 0 aliphatic rings. The number of rotatable bonds is 6. The van der Waals surface area contributed by atoms with Gasteiger partial charge in [-0.3, -0.25) is 4.79 Å². The molecule has 4 aromatic rings. The monoisotopic (exact) mass is 497 g/mol. The van der Waals surface area contributed by atoms with Crippen molar-refractivity contribution in [3.63, 3.8) is 0 Å². The van der Waals surface area contributed by atoms with Crippen LogP contribution in [0, 0.1) is 6.92 Å². The lowest BCUT2D eigenvalue weighted by Gasteiger charge is -2.15. The molecule has 0 saturated carbocycles. The molecule has 0 fully saturated rings. The summed E-state index contributed by atoms with van der Waals surface area (Å²) in [5, 5.41) is 5.84. The van der Waals surface area contributed by atoms with Gasteiger partial charge in [-0.2, -0.15) is 13.2 Å². The highest BCUT2D eigenvalue weighted by molar-refractivity contribution is 6.05. The number of methoxy groups -OCH3 is 1. The maximum absolute atomic E-state index is 13.3. The summed E-state index contributed by atoms with van der Waals surface area (Å²) in [7, 11) is 4.77. The van der Waals surface area contributed by atoms with Crippen LogP contribution in [0.25, 0.3) is 11.0 Å². The predicted octanol–water partition coefficient (Wildman–Crippen LogP) is 4.82. The number of nitrogens with one attached hydrogen (secondary N) is 2. The smallest absolute Gasteiger partial charge is 0.419 e. The molecule has 0 spiro atoms. The SMILES string of the molecule is COc1ccc(C(=O)Nc2ccc(C)c(Nc3ncnc4cnc(N(C)C)nc34)c2)cc1C(F)(F)F. The first-order valence-electron chi connectivity index (χ1n) is 10.7. The van der Waals surface area contributed by atoms with Crippen molar-refractivity contribution in [1.29, 1.82) is 0 Å². The van der Waals surface area contributed by atoms with E-state index in [9.17, 15) is 18.0 Å². The third-order valence-corrected chi connectivity index (χ3v) is 5.28. The molecule has 9 nitrogen and oxygen atoms in total. The number of fused-ring (bicyclic) bond motifs is 1. The standard InChI is InChI=1S/C24H22F3N7O2/c1-13-5-7-15(31-22(35)14-6-8-19(36-4)16(9-14)24(25,26)27)10-17(13)32-21-20-18(29-12-30-21)11-28-23(33-20)34(2)3/h5-12H,1-4H3,(H,31,35)(H,29,30,32). The van der Waals surface area contributed by atoms with E-state index in [1.165, 1.54) is 12.4 Å². The number of hydrogen-bond acceptors (Lipinski definition) is 8. The molecular formula is C24H22F3N7O2. The van der Waals surface area contributed by atoms with Crippen LogP contribution in [-0.2, 0) is 6.18 Å². The van der Waals surface area contributed by atoms with E-state index in [4.69, 9.17) is 4.74 Å². The highest BCUT2D eigenvalue weighted by Gasteiger charge is 2.35. The Morgan fingerprint density at radius 1 is 1.06 bits per heavy atom. The predicted molar refractivity (Wildman–Crippen MR) is 130 cm³/mol. The van der Waals surface area contributed by atoms with Gasteiger partial charge in [0.25, 0.3) is 5.91 Å². The first-order valence-corrected chi connectivity index (χ1v) is 10.7. The minimum atomic E-state index is -4.67. The highest BCUT2D eigenvalue weighted by atomic mass is 19.4. The number of alkyl halides is 3. The maximum Gasteiger partial charge on any atom is 0.419 e. The zero-order valence-corrected chi connectivity index (χ0v) is 19.8. The Labute approximate surface area is 204 Å². The summed E-state index contributed by atoms with van der Waals surface area (Å²) in [4.78, 5) is 31.7. The molecule has 186 valence electrons. The summed E-state index contributed by atoms with van der Waals surface area (Å²) in [6.07, 6.45) is -1.69. The molecule has 2 aromatic carbocycles. The molecule has 0 radical (unpaired) electrons. The van der Waals surface area contributed by atoms with Crippen LogP contribution in [0.3, 0.4) is 0 Å². The molecule has 36 heavy (non-hydrogen) atoms. The third kappa shape index (κ3) is 5.11. The minimum Gasteiger partial charge on any atom is -0.496 e. The number of ether oxygens (including phenoxy) is 1. The van der Waals surface area contributed by atoms with E-state index < -0.39 is 17.6 Å². The Kier molecular flexibility index (Phi) is 6.60. The zero-order chi connectivity index (χ0) is 26.0. The average Bonchev–Trinajstić information content (AvgIpc) is 2.85. The second-order valence-electron chi connectivity index (χ2n) is 8.04. The van der Waals surface area contributed by atoms with Crippen molar-refractivity contribution in [2.45, 2.75) is 13.1 Å². The second kappa shape index (κ2) is 9.64. The summed E-state index contributed by atoms with van der Waals surface area (Å²) in [5.74, 6) is -0.147. The molecule has 0 bridgehead atoms. The van der Waals surface area contributed by atoms with Gasteiger partial charge >= 0.3 is 6.18 Å². The quantitative estimate of drug-likeness (QED) is 0.391. The lowest BCUT2D eigenvalue weighted by Crippen LogP contribution is -2.15. The zero-order valence-electron chi connectivity index (χ0n) is 19.8. The number of amides is 1. The summed E-state index contributed by atoms with van der Waals surface area (Å²) >= 11 is 0. The largest absolute Gasteiger partial charge is 0.496 e. The van der Waals surface area contributed by atoms with Gasteiger partial charge in [0.15, 0.2) is 5.82 Å². The van der Waals surface area contributed by atoms with Crippen molar-refractivity contribution >= 4 is 40.1 Å². The minimum absolute atomic E-state index is 0.159. The van der Waals surface area contributed by atoms with Crippen LogP contribution < -0.4 is 20.3 Å². The molecule has 2 aromatic heterocycles. The Morgan fingerprint density at radius 2 is 1.83 bits per heavy atom. The molecule has 0 aliphatic carbocycles. The number of nitrogens with zero attached hydrogens (tertiary/aromatic N) is 5. The normalized spacial score (nSPS) is 11.3. The van der Waals surface area contributed by atoms with E-state index in [-0.39, 0.29) is 11.3 Å². The van der Waals surface area contributed by atoms with Crippen LogP contribution in [0.4, 0.5) is 36.3 Å². The van der Waals surface area contributed by atoms with Gasteiger partial charge < -0.3 is 20.3 Å². The van der Waals surface area contributed by atoms with E-state index in [2.05, 4.69) is 30.6 Å². The van der Waals surface area contributed by atoms with E-state index in [1.807, 2.05) is 21.0 Å². The van der Waals surface area contributed by atoms with Gasteiger partial charge in [-0.25, -0.2) is 19.9 Å². The molecule has 2 heterocycles. The van der Waals surface area contributed by atoms with Crippen molar-refractivity contribution in [2.24, 2.45) is 0 Å². The fraction of sp³-hybridized carbons (Fsp3) is 0.208. The van der Waals surface area contributed by atoms with Gasteiger partial charge in [-0.05, 0) is 42.8 Å².